The first-order valence-corrected chi connectivity index (χ1v) is 7.44. The van der Waals surface area contributed by atoms with Gasteiger partial charge >= 0.3 is 0 Å². The van der Waals surface area contributed by atoms with Crippen molar-refractivity contribution in [1.82, 2.24) is 10.6 Å². The topological polar surface area (TPSA) is 61.4 Å². The molecule has 0 spiro atoms. The first kappa shape index (κ1) is 13.4. The second kappa shape index (κ2) is 5.44. The number of aromatic hydroxyl groups is 1. The molecule has 1 aliphatic heterocycles. The van der Waals surface area contributed by atoms with Gasteiger partial charge in [0.25, 0.3) is 5.91 Å². The molecule has 3 rings (SSSR count). The van der Waals surface area contributed by atoms with Crippen molar-refractivity contribution >= 4 is 5.91 Å². The van der Waals surface area contributed by atoms with E-state index >= 15 is 0 Å². The quantitative estimate of drug-likeness (QED) is 0.771. The van der Waals surface area contributed by atoms with Gasteiger partial charge in [-0.15, -0.1) is 0 Å². The van der Waals surface area contributed by atoms with Gasteiger partial charge in [0.05, 0.1) is 0 Å². The van der Waals surface area contributed by atoms with E-state index in [9.17, 15) is 9.90 Å². The number of hydrogen-bond acceptors (Lipinski definition) is 3. The Hall–Kier alpha value is -1.55. The molecule has 1 saturated heterocycles. The number of aryl methyl sites for hydroxylation is 1. The Bertz CT molecular complexity index is 515. The number of rotatable bonds is 2. The van der Waals surface area contributed by atoms with Gasteiger partial charge in [-0.2, -0.15) is 0 Å². The van der Waals surface area contributed by atoms with Gasteiger partial charge in [-0.1, -0.05) is 0 Å². The fourth-order valence-corrected chi connectivity index (χ4v) is 3.50. The van der Waals surface area contributed by atoms with E-state index in [0.717, 1.165) is 43.3 Å². The highest BCUT2D eigenvalue weighted by molar-refractivity contribution is 5.94. The van der Waals surface area contributed by atoms with E-state index in [0.29, 0.717) is 5.56 Å². The molecule has 1 heterocycles. The number of carbonyl (C=O) groups excluding carboxylic acids is 1. The van der Waals surface area contributed by atoms with Gasteiger partial charge in [0, 0.05) is 11.6 Å². The van der Waals surface area contributed by atoms with Crippen LogP contribution in [0.4, 0.5) is 0 Å². The standard InChI is InChI=1S/C16H22N2O2/c1-10-6-11(3-5-15(10)19)16(20)18-14-4-2-12-8-17-9-13(12)7-14/h3,5-6,12-14,17,19H,2,4,7-9H2,1H3,(H,18,20)/t12-,13+,14?/m0/s1. The van der Waals surface area contributed by atoms with Crippen LogP contribution >= 0.6 is 0 Å². The monoisotopic (exact) mass is 274 g/mol. The maximum atomic E-state index is 12.3. The van der Waals surface area contributed by atoms with Gasteiger partial charge < -0.3 is 15.7 Å². The van der Waals surface area contributed by atoms with Crippen molar-refractivity contribution in [3.63, 3.8) is 0 Å². The molecule has 20 heavy (non-hydrogen) atoms. The second-order valence-electron chi connectivity index (χ2n) is 6.16. The molecule has 4 nitrogen and oxygen atoms in total. The van der Waals surface area contributed by atoms with Crippen molar-refractivity contribution in [3.8, 4) is 5.75 Å². The van der Waals surface area contributed by atoms with Gasteiger partial charge in [-0.05, 0) is 74.9 Å². The number of carbonyl (C=O) groups is 1. The molecule has 3 atom stereocenters. The van der Waals surface area contributed by atoms with Crippen LogP contribution in [0, 0.1) is 18.8 Å². The Kier molecular flexibility index (Phi) is 3.66. The number of benzene rings is 1. The normalized spacial score (nSPS) is 28.9. The van der Waals surface area contributed by atoms with Crippen molar-refractivity contribution in [2.24, 2.45) is 11.8 Å². The van der Waals surface area contributed by atoms with Crippen LogP contribution in [0.1, 0.15) is 35.2 Å². The van der Waals surface area contributed by atoms with E-state index in [1.807, 2.05) is 6.92 Å². The molecule has 0 bridgehead atoms. The summed E-state index contributed by atoms with van der Waals surface area (Å²) in [6.07, 6.45) is 3.36. The predicted octanol–water partition coefficient (Wildman–Crippen LogP) is 1.82. The lowest BCUT2D eigenvalue weighted by Crippen LogP contribution is -2.40. The Labute approximate surface area is 119 Å². The van der Waals surface area contributed by atoms with Crippen LogP contribution in [0.25, 0.3) is 0 Å². The molecule has 0 aromatic heterocycles. The van der Waals surface area contributed by atoms with Crippen LogP contribution in [0.15, 0.2) is 18.2 Å². The van der Waals surface area contributed by atoms with Crippen LogP contribution in [0.5, 0.6) is 5.75 Å². The lowest BCUT2D eigenvalue weighted by Gasteiger charge is -2.31. The number of phenols is 1. The minimum Gasteiger partial charge on any atom is -0.508 e. The van der Waals surface area contributed by atoms with Crippen molar-refractivity contribution in [1.29, 1.82) is 0 Å². The van der Waals surface area contributed by atoms with Crippen LogP contribution < -0.4 is 10.6 Å². The number of hydrogen-bond donors (Lipinski definition) is 3. The van der Waals surface area contributed by atoms with Crippen LogP contribution in [-0.4, -0.2) is 30.1 Å². The summed E-state index contributed by atoms with van der Waals surface area (Å²) in [7, 11) is 0. The lowest BCUT2D eigenvalue weighted by atomic mass is 9.79. The maximum Gasteiger partial charge on any atom is 0.251 e. The summed E-state index contributed by atoms with van der Waals surface area (Å²) in [5.41, 5.74) is 1.37. The van der Waals surface area contributed by atoms with E-state index in [4.69, 9.17) is 0 Å². The summed E-state index contributed by atoms with van der Waals surface area (Å²) in [6, 6.07) is 5.30. The number of phenolic OH excluding ortho intramolecular Hbond substituents is 1. The van der Waals surface area contributed by atoms with Gasteiger partial charge in [0.1, 0.15) is 5.75 Å². The number of fused-ring (bicyclic) bond motifs is 1. The van der Waals surface area contributed by atoms with Gasteiger partial charge in [-0.25, -0.2) is 0 Å². The summed E-state index contributed by atoms with van der Waals surface area (Å²) in [5, 5.41) is 16.1. The fourth-order valence-electron chi connectivity index (χ4n) is 3.50. The third kappa shape index (κ3) is 2.66. The summed E-state index contributed by atoms with van der Waals surface area (Å²) >= 11 is 0. The van der Waals surface area contributed by atoms with E-state index in [-0.39, 0.29) is 17.7 Å². The minimum atomic E-state index is -0.0255. The molecule has 1 amide bonds. The number of amides is 1. The van der Waals surface area contributed by atoms with Crippen molar-refractivity contribution < 1.29 is 9.90 Å². The molecule has 1 saturated carbocycles. The van der Waals surface area contributed by atoms with E-state index in [1.165, 1.54) is 6.42 Å². The predicted molar refractivity (Wildman–Crippen MR) is 77.8 cm³/mol. The van der Waals surface area contributed by atoms with E-state index in [2.05, 4.69) is 10.6 Å². The molecular weight excluding hydrogens is 252 g/mol. The highest BCUT2D eigenvalue weighted by Gasteiger charge is 2.34. The second-order valence-corrected chi connectivity index (χ2v) is 6.16. The maximum absolute atomic E-state index is 12.3. The first-order valence-electron chi connectivity index (χ1n) is 7.44. The molecule has 0 radical (unpaired) electrons. The number of nitrogens with one attached hydrogen (secondary N) is 2. The molecular formula is C16H22N2O2. The third-order valence-corrected chi connectivity index (χ3v) is 4.75. The van der Waals surface area contributed by atoms with Crippen LogP contribution in [0.2, 0.25) is 0 Å². The molecule has 4 heteroatoms. The van der Waals surface area contributed by atoms with E-state index in [1.54, 1.807) is 18.2 Å². The average molecular weight is 274 g/mol. The van der Waals surface area contributed by atoms with Crippen molar-refractivity contribution in [2.75, 3.05) is 13.1 Å². The Morgan fingerprint density at radius 1 is 1.30 bits per heavy atom. The van der Waals surface area contributed by atoms with E-state index < -0.39 is 0 Å². The molecule has 3 N–H and O–H groups in total. The average Bonchev–Trinajstić information content (AvgIpc) is 2.89. The molecule has 2 aliphatic rings. The summed E-state index contributed by atoms with van der Waals surface area (Å²) in [5.74, 6) is 1.73. The van der Waals surface area contributed by atoms with Gasteiger partial charge in [-0.3, -0.25) is 4.79 Å². The SMILES string of the molecule is Cc1cc(C(=O)NC2CC[C@H]3CNC[C@H]3C2)ccc1O. The smallest absolute Gasteiger partial charge is 0.251 e. The Morgan fingerprint density at radius 2 is 2.10 bits per heavy atom. The zero-order valence-electron chi connectivity index (χ0n) is 11.9. The van der Waals surface area contributed by atoms with Gasteiger partial charge in [0.15, 0.2) is 0 Å². The highest BCUT2D eigenvalue weighted by Crippen LogP contribution is 2.32. The largest absolute Gasteiger partial charge is 0.508 e. The van der Waals surface area contributed by atoms with Crippen LogP contribution in [-0.2, 0) is 0 Å². The zero-order valence-corrected chi connectivity index (χ0v) is 11.9. The molecule has 1 aliphatic carbocycles. The Balaban J connectivity index is 1.62. The van der Waals surface area contributed by atoms with Crippen molar-refractivity contribution in [3.05, 3.63) is 29.3 Å². The lowest BCUT2D eigenvalue weighted by molar-refractivity contribution is 0.0913. The minimum absolute atomic E-state index is 0.0255. The van der Waals surface area contributed by atoms with Gasteiger partial charge in [0.2, 0.25) is 0 Å². The third-order valence-electron chi connectivity index (χ3n) is 4.75. The van der Waals surface area contributed by atoms with Crippen molar-refractivity contribution in [2.45, 2.75) is 32.2 Å². The zero-order chi connectivity index (χ0) is 14.1. The van der Waals surface area contributed by atoms with Crippen LogP contribution in [0.3, 0.4) is 0 Å². The fraction of sp³-hybridized carbons (Fsp3) is 0.562. The molecule has 2 fully saturated rings. The first-order chi connectivity index (χ1) is 9.63. The molecule has 108 valence electrons. The molecule has 1 aromatic carbocycles. The molecule has 1 unspecified atom stereocenters. The Morgan fingerprint density at radius 3 is 2.90 bits per heavy atom. The molecule has 1 aromatic rings. The summed E-state index contributed by atoms with van der Waals surface area (Å²) < 4.78 is 0. The summed E-state index contributed by atoms with van der Waals surface area (Å²) in [6.45, 7) is 4.04. The summed E-state index contributed by atoms with van der Waals surface area (Å²) in [4.78, 5) is 12.3. The highest BCUT2D eigenvalue weighted by atomic mass is 16.3.